The first-order valence-corrected chi connectivity index (χ1v) is 6.10. The molecule has 0 aliphatic heterocycles. The first kappa shape index (κ1) is 12.0. The molecule has 1 aliphatic rings. The van der Waals surface area contributed by atoms with E-state index in [0.717, 1.165) is 25.4 Å². The molecule has 0 aromatic carbocycles. The monoisotopic (exact) mass is 199 g/mol. The van der Waals surface area contributed by atoms with Gasteiger partial charge in [0.05, 0.1) is 0 Å². The predicted octanol–water partition coefficient (Wildman–Crippen LogP) is 2.32. The Labute approximate surface area is 88.1 Å². The van der Waals surface area contributed by atoms with Crippen molar-refractivity contribution in [2.45, 2.75) is 58.4 Å². The van der Waals surface area contributed by atoms with E-state index in [1.807, 2.05) is 0 Å². The van der Waals surface area contributed by atoms with E-state index in [-0.39, 0.29) is 5.41 Å². The molecule has 0 heterocycles. The van der Waals surface area contributed by atoms with Crippen LogP contribution in [-0.2, 0) is 0 Å². The van der Waals surface area contributed by atoms with Gasteiger partial charge in [-0.15, -0.1) is 0 Å². The van der Waals surface area contributed by atoms with Crippen molar-refractivity contribution in [3.8, 4) is 0 Å². The molecule has 14 heavy (non-hydrogen) atoms. The smallest absolute Gasteiger partial charge is 0.0499 e. The van der Waals surface area contributed by atoms with Crippen LogP contribution in [0, 0.1) is 5.41 Å². The van der Waals surface area contributed by atoms with Gasteiger partial charge >= 0.3 is 0 Å². The van der Waals surface area contributed by atoms with Crippen LogP contribution in [0.15, 0.2) is 0 Å². The quantitative estimate of drug-likeness (QED) is 0.688. The van der Waals surface area contributed by atoms with Crippen molar-refractivity contribution in [2.75, 3.05) is 13.2 Å². The molecule has 0 spiro atoms. The lowest BCUT2D eigenvalue weighted by atomic mass is 9.83. The molecule has 2 heteroatoms. The summed E-state index contributed by atoms with van der Waals surface area (Å²) >= 11 is 0. The van der Waals surface area contributed by atoms with Gasteiger partial charge in [-0.25, -0.2) is 0 Å². The van der Waals surface area contributed by atoms with Crippen molar-refractivity contribution in [3.63, 3.8) is 0 Å². The summed E-state index contributed by atoms with van der Waals surface area (Å²) in [6.45, 7) is 5.66. The molecule has 0 saturated heterocycles. The number of aliphatic hydroxyl groups is 1. The zero-order valence-corrected chi connectivity index (χ0v) is 9.68. The highest BCUT2D eigenvalue weighted by Gasteiger charge is 2.26. The highest BCUT2D eigenvalue weighted by Crippen LogP contribution is 2.26. The molecule has 2 nitrogen and oxygen atoms in total. The second-order valence-corrected chi connectivity index (χ2v) is 4.73. The summed E-state index contributed by atoms with van der Waals surface area (Å²) in [7, 11) is 0. The van der Waals surface area contributed by atoms with E-state index in [1.54, 1.807) is 0 Å². The topological polar surface area (TPSA) is 32.3 Å². The lowest BCUT2D eigenvalue weighted by Crippen LogP contribution is -2.40. The molecule has 0 aromatic heterocycles. The number of aliphatic hydroxyl groups excluding tert-OH is 1. The van der Waals surface area contributed by atoms with Crippen molar-refractivity contribution in [1.82, 2.24) is 5.32 Å². The van der Waals surface area contributed by atoms with Crippen LogP contribution in [0.1, 0.15) is 52.4 Å². The van der Waals surface area contributed by atoms with E-state index in [1.165, 1.54) is 25.7 Å². The first-order chi connectivity index (χ1) is 6.76. The van der Waals surface area contributed by atoms with Crippen LogP contribution in [0.3, 0.4) is 0 Å². The summed E-state index contributed by atoms with van der Waals surface area (Å²) in [6.07, 6.45) is 7.55. The average molecular weight is 199 g/mol. The van der Waals surface area contributed by atoms with Crippen LogP contribution >= 0.6 is 0 Å². The van der Waals surface area contributed by atoms with E-state index in [4.69, 9.17) is 0 Å². The third kappa shape index (κ3) is 2.96. The molecule has 1 aliphatic carbocycles. The lowest BCUT2D eigenvalue weighted by molar-refractivity contribution is 0.110. The van der Waals surface area contributed by atoms with Crippen LogP contribution in [0.5, 0.6) is 0 Å². The maximum absolute atomic E-state index is 9.41. The molecule has 0 unspecified atom stereocenters. The average Bonchev–Trinajstić information content (AvgIpc) is 2.74. The van der Waals surface area contributed by atoms with Gasteiger partial charge in [0.1, 0.15) is 0 Å². The third-order valence-corrected chi connectivity index (χ3v) is 3.96. The van der Waals surface area contributed by atoms with E-state index < -0.39 is 0 Å². The Hall–Kier alpha value is -0.0800. The summed E-state index contributed by atoms with van der Waals surface area (Å²) in [5, 5.41) is 13.0. The standard InChI is InChI=1S/C12H25NO/c1-3-12(4-2,10-14)9-13-11-7-5-6-8-11/h11,13-14H,3-10H2,1-2H3. The largest absolute Gasteiger partial charge is 0.396 e. The Morgan fingerprint density at radius 3 is 2.21 bits per heavy atom. The molecular weight excluding hydrogens is 174 g/mol. The van der Waals surface area contributed by atoms with Crippen LogP contribution in [0.4, 0.5) is 0 Å². The maximum atomic E-state index is 9.41. The minimum Gasteiger partial charge on any atom is -0.396 e. The van der Waals surface area contributed by atoms with E-state index >= 15 is 0 Å². The van der Waals surface area contributed by atoms with Gasteiger partial charge in [0.25, 0.3) is 0 Å². The number of rotatable bonds is 6. The van der Waals surface area contributed by atoms with Gasteiger partial charge in [-0.3, -0.25) is 0 Å². The molecule has 0 amide bonds. The summed E-state index contributed by atoms with van der Waals surface area (Å²) in [5.41, 5.74) is 0.128. The molecule has 0 aromatic rings. The summed E-state index contributed by atoms with van der Waals surface area (Å²) in [6, 6.07) is 0.721. The predicted molar refractivity (Wildman–Crippen MR) is 60.4 cm³/mol. The van der Waals surface area contributed by atoms with Crippen molar-refractivity contribution in [3.05, 3.63) is 0 Å². The molecule has 1 rings (SSSR count). The summed E-state index contributed by atoms with van der Waals surface area (Å²) < 4.78 is 0. The molecule has 1 saturated carbocycles. The fraction of sp³-hybridized carbons (Fsp3) is 1.00. The number of hydrogen-bond donors (Lipinski definition) is 2. The Morgan fingerprint density at radius 2 is 1.79 bits per heavy atom. The zero-order valence-electron chi connectivity index (χ0n) is 9.68. The Kier molecular flexibility index (Phi) is 4.90. The summed E-state index contributed by atoms with van der Waals surface area (Å²) in [5.74, 6) is 0. The van der Waals surface area contributed by atoms with Crippen molar-refractivity contribution < 1.29 is 5.11 Å². The minimum absolute atomic E-state index is 0.128. The van der Waals surface area contributed by atoms with Gasteiger partial charge in [0.15, 0.2) is 0 Å². The molecular formula is C12H25NO. The van der Waals surface area contributed by atoms with Crippen LogP contribution in [-0.4, -0.2) is 24.3 Å². The maximum Gasteiger partial charge on any atom is 0.0499 e. The number of nitrogens with one attached hydrogen (secondary N) is 1. The molecule has 0 atom stereocenters. The van der Waals surface area contributed by atoms with Gasteiger partial charge in [-0.2, -0.15) is 0 Å². The van der Waals surface area contributed by atoms with Crippen molar-refractivity contribution in [1.29, 1.82) is 0 Å². The highest BCUT2D eigenvalue weighted by atomic mass is 16.3. The van der Waals surface area contributed by atoms with E-state index in [0.29, 0.717) is 6.61 Å². The Balaban J connectivity index is 2.31. The molecule has 0 radical (unpaired) electrons. The molecule has 1 fully saturated rings. The van der Waals surface area contributed by atoms with Crippen LogP contribution in [0.2, 0.25) is 0 Å². The number of hydrogen-bond acceptors (Lipinski definition) is 2. The second kappa shape index (κ2) is 5.72. The Morgan fingerprint density at radius 1 is 1.21 bits per heavy atom. The van der Waals surface area contributed by atoms with Gasteiger partial charge in [0.2, 0.25) is 0 Å². The van der Waals surface area contributed by atoms with Crippen molar-refractivity contribution >= 4 is 0 Å². The van der Waals surface area contributed by atoms with Gasteiger partial charge in [-0.1, -0.05) is 26.7 Å². The molecule has 2 N–H and O–H groups in total. The minimum atomic E-state index is 0.128. The van der Waals surface area contributed by atoms with Gasteiger partial charge in [-0.05, 0) is 25.7 Å². The SMILES string of the molecule is CCC(CC)(CO)CNC1CCCC1. The van der Waals surface area contributed by atoms with Crippen LogP contribution in [0.25, 0.3) is 0 Å². The van der Waals surface area contributed by atoms with Gasteiger partial charge < -0.3 is 10.4 Å². The van der Waals surface area contributed by atoms with Gasteiger partial charge in [0, 0.05) is 24.6 Å². The fourth-order valence-corrected chi connectivity index (χ4v) is 2.27. The molecule has 0 bridgehead atoms. The highest BCUT2D eigenvalue weighted by molar-refractivity contribution is 4.82. The third-order valence-electron chi connectivity index (χ3n) is 3.96. The van der Waals surface area contributed by atoms with Crippen LogP contribution < -0.4 is 5.32 Å². The van der Waals surface area contributed by atoms with E-state index in [9.17, 15) is 5.11 Å². The normalized spacial score (nSPS) is 19.1. The second-order valence-electron chi connectivity index (χ2n) is 4.73. The zero-order chi connectivity index (χ0) is 10.4. The molecule has 84 valence electrons. The summed E-state index contributed by atoms with van der Waals surface area (Å²) in [4.78, 5) is 0. The van der Waals surface area contributed by atoms with Crippen molar-refractivity contribution in [2.24, 2.45) is 5.41 Å². The van der Waals surface area contributed by atoms with E-state index in [2.05, 4.69) is 19.2 Å². The fourth-order valence-electron chi connectivity index (χ4n) is 2.27. The first-order valence-electron chi connectivity index (χ1n) is 6.10. The lowest BCUT2D eigenvalue weighted by Gasteiger charge is -2.31. The Bertz CT molecular complexity index is 140.